The molecule has 0 aliphatic rings. The number of alkyl halides is 1. The van der Waals surface area contributed by atoms with Crippen LogP contribution in [0.2, 0.25) is 0 Å². The van der Waals surface area contributed by atoms with Crippen LogP contribution in [0.15, 0.2) is 0 Å². The smallest absolute Gasteiger partial charge is 0.302 e. The zero-order chi connectivity index (χ0) is 11.7. The monoisotopic (exact) mass is 234 g/mol. The highest BCUT2D eigenvalue weighted by atomic mass is 35.5. The minimum Gasteiger partial charge on any atom is -0.463 e. The predicted octanol–water partition coefficient (Wildman–Crippen LogP) is 3.76. The second kappa shape index (κ2) is 9.02. The maximum Gasteiger partial charge on any atom is 0.302 e. The largest absolute Gasteiger partial charge is 0.463 e. The molecule has 0 saturated carbocycles. The van der Waals surface area contributed by atoms with Crippen LogP contribution in [0.4, 0.5) is 0 Å². The van der Waals surface area contributed by atoms with Crippen LogP contribution in [-0.2, 0) is 9.53 Å². The number of carbonyl (C=O) groups excluding carboxylic acids is 1. The fourth-order valence-electron chi connectivity index (χ4n) is 1.56. The third kappa shape index (κ3) is 10.1. The molecule has 0 aliphatic heterocycles. The van der Waals surface area contributed by atoms with Gasteiger partial charge < -0.3 is 4.74 Å². The summed E-state index contributed by atoms with van der Waals surface area (Å²) in [6, 6.07) is 0. The summed E-state index contributed by atoms with van der Waals surface area (Å²) in [5.41, 5.74) is 0. The van der Waals surface area contributed by atoms with Crippen molar-refractivity contribution in [3.8, 4) is 0 Å². The van der Waals surface area contributed by atoms with E-state index in [0.717, 1.165) is 31.6 Å². The molecular formula is C12H23ClO2. The first-order chi connectivity index (χ1) is 7.06. The lowest BCUT2D eigenvalue weighted by Gasteiger charge is -2.16. The van der Waals surface area contributed by atoms with Crippen molar-refractivity contribution in [2.24, 2.45) is 5.92 Å². The van der Waals surface area contributed by atoms with Gasteiger partial charge in [0.15, 0.2) is 0 Å². The molecule has 15 heavy (non-hydrogen) atoms. The quantitative estimate of drug-likeness (QED) is 0.472. The van der Waals surface area contributed by atoms with E-state index in [2.05, 4.69) is 13.8 Å². The Labute approximate surface area is 98.3 Å². The summed E-state index contributed by atoms with van der Waals surface area (Å²) in [7, 11) is 0. The van der Waals surface area contributed by atoms with E-state index < -0.39 is 0 Å². The minimum absolute atomic E-state index is 0.0694. The van der Waals surface area contributed by atoms with E-state index >= 15 is 0 Å². The van der Waals surface area contributed by atoms with Gasteiger partial charge in [-0.3, -0.25) is 4.79 Å². The van der Waals surface area contributed by atoms with Crippen LogP contribution < -0.4 is 0 Å². The van der Waals surface area contributed by atoms with Crippen molar-refractivity contribution >= 4 is 17.6 Å². The normalized spacial score (nSPS) is 12.9. The van der Waals surface area contributed by atoms with Crippen LogP contribution in [-0.4, -0.2) is 18.0 Å². The van der Waals surface area contributed by atoms with E-state index in [1.165, 1.54) is 13.3 Å². The van der Waals surface area contributed by atoms with Gasteiger partial charge in [-0.05, 0) is 31.6 Å². The number of hydrogen-bond donors (Lipinski definition) is 0. The summed E-state index contributed by atoms with van der Waals surface area (Å²) in [5, 5.41) is 0. The first kappa shape index (κ1) is 14.8. The molecule has 0 aromatic heterocycles. The Morgan fingerprint density at radius 1 is 1.20 bits per heavy atom. The molecule has 0 radical (unpaired) electrons. The van der Waals surface area contributed by atoms with Crippen LogP contribution in [0.5, 0.6) is 0 Å². The van der Waals surface area contributed by atoms with Gasteiger partial charge in [-0.25, -0.2) is 0 Å². The van der Waals surface area contributed by atoms with Gasteiger partial charge in [0.05, 0.1) is 0 Å². The van der Waals surface area contributed by atoms with Crippen LogP contribution >= 0.6 is 11.6 Å². The Kier molecular flexibility index (Phi) is 8.88. The molecule has 3 heteroatoms. The molecule has 2 nitrogen and oxygen atoms in total. The first-order valence-electron chi connectivity index (χ1n) is 5.79. The zero-order valence-electron chi connectivity index (χ0n) is 10.1. The third-order valence-electron chi connectivity index (χ3n) is 2.30. The lowest BCUT2D eigenvalue weighted by Crippen LogP contribution is -2.16. The molecule has 0 fully saturated rings. The Bertz CT molecular complexity index is 169. The van der Waals surface area contributed by atoms with Crippen LogP contribution in [0, 0.1) is 5.92 Å². The maximum absolute atomic E-state index is 10.9. The topological polar surface area (TPSA) is 26.3 Å². The molecule has 0 bridgehead atoms. The summed E-state index contributed by atoms with van der Waals surface area (Å²) in [6.45, 7) is 5.88. The average Bonchev–Trinajstić information content (AvgIpc) is 2.12. The van der Waals surface area contributed by atoms with Gasteiger partial charge in [-0.15, -0.1) is 11.6 Å². The van der Waals surface area contributed by atoms with Gasteiger partial charge in [0.1, 0.15) is 6.10 Å². The zero-order valence-corrected chi connectivity index (χ0v) is 10.8. The van der Waals surface area contributed by atoms with E-state index in [0.29, 0.717) is 5.88 Å². The van der Waals surface area contributed by atoms with E-state index in [9.17, 15) is 4.79 Å². The highest BCUT2D eigenvalue weighted by molar-refractivity contribution is 6.17. The van der Waals surface area contributed by atoms with Gasteiger partial charge >= 0.3 is 5.97 Å². The van der Waals surface area contributed by atoms with Crippen molar-refractivity contribution < 1.29 is 9.53 Å². The molecule has 0 aromatic carbocycles. The van der Waals surface area contributed by atoms with Crippen LogP contribution in [0.3, 0.4) is 0 Å². The Morgan fingerprint density at radius 3 is 2.27 bits per heavy atom. The van der Waals surface area contributed by atoms with Crippen molar-refractivity contribution in [1.29, 1.82) is 0 Å². The highest BCUT2D eigenvalue weighted by Crippen LogP contribution is 2.14. The van der Waals surface area contributed by atoms with Crippen molar-refractivity contribution in [2.75, 3.05) is 5.88 Å². The molecule has 0 aliphatic carbocycles. The molecule has 0 rings (SSSR count). The lowest BCUT2D eigenvalue weighted by molar-refractivity contribution is -0.147. The second-order valence-electron chi connectivity index (χ2n) is 4.39. The van der Waals surface area contributed by atoms with Gasteiger partial charge in [-0.2, -0.15) is 0 Å². The average molecular weight is 235 g/mol. The Balaban J connectivity index is 3.73. The number of carbonyl (C=O) groups is 1. The standard InChI is InChI=1S/C12H23ClO2/c1-10(2)6-4-7-12(8-5-9-13)15-11(3)14/h10,12H,4-9H2,1-3H3. The number of halogens is 1. The minimum atomic E-state index is -0.181. The van der Waals surface area contributed by atoms with Gasteiger partial charge in [-0.1, -0.05) is 20.3 Å². The van der Waals surface area contributed by atoms with Crippen molar-refractivity contribution in [3.05, 3.63) is 0 Å². The third-order valence-corrected chi connectivity index (χ3v) is 2.57. The van der Waals surface area contributed by atoms with Crippen molar-refractivity contribution in [2.45, 2.75) is 59.0 Å². The van der Waals surface area contributed by atoms with E-state index in [1.54, 1.807) is 0 Å². The molecule has 90 valence electrons. The molecule has 1 unspecified atom stereocenters. The second-order valence-corrected chi connectivity index (χ2v) is 4.77. The SMILES string of the molecule is CC(=O)OC(CCCCl)CCCC(C)C. The fourth-order valence-corrected chi connectivity index (χ4v) is 1.71. The van der Waals surface area contributed by atoms with Crippen LogP contribution in [0.1, 0.15) is 52.9 Å². The molecular weight excluding hydrogens is 212 g/mol. The summed E-state index contributed by atoms with van der Waals surface area (Å²) < 4.78 is 5.24. The van der Waals surface area contributed by atoms with E-state index in [1.807, 2.05) is 0 Å². The maximum atomic E-state index is 10.9. The van der Waals surface area contributed by atoms with Crippen molar-refractivity contribution in [1.82, 2.24) is 0 Å². The van der Waals surface area contributed by atoms with E-state index in [-0.39, 0.29) is 12.1 Å². The summed E-state index contributed by atoms with van der Waals surface area (Å²) >= 11 is 5.63. The number of hydrogen-bond acceptors (Lipinski definition) is 2. The summed E-state index contributed by atoms with van der Waals surface area (Å²) in [4.78, 5) is 10.9. The number of rotatable bonds is 8. The highest BCUT2D eigenvalue weighted by Gasteiger charge is 2.11. The number of ether oxygens (including phenoxy) is 1. The molecule has 0 spiro atoms. The molecule has 1 atom stereocenters. The van der Waals surface area contributed by atoms with E-state index in [4.69, 9.17) is 16.3 Å². The summed E-state index contributed by atoms with van der Waals surface area (Å²) in [5.74, 6) is 1.18. The molecule has 0 heterocycles. The molecule has 0 saturated heterocycles. The van der Waals surface area contributed by atoms with Gasteiger partial charge in [0.2, 0.25) is 0 Å². The molecule has 0 aromatic rings. The fraction of sp³-hybridized carbons (Fsp3) is 0.917. The number of esters is 1. The predicted molar refractivity (Wildman–Crippen MR) is 64.2 cm³/mol. The van der Waals surface area contributed by atoms with Crippen LogP contribution in [0.25, 0.3) is 0 Å². The Morgan fingerprint density at radius 2 is 1.80 bits per heavy atom. The first-order valence-corrected chi connectivity index (χ1v) is 6.33. The van der Waals surface area contributed by atoms with Gasteiger partial charge in [0.25, 0.3) is 0 Å². The molecule has 0 N–H and O–H groups in total. The molecule has 0 amide bonds. The van der Waals surface area contributed by atoms with Gasteiger partial charge in [0, 0.05) is 12.8 Å². The van der Waals surface area contributed by atoms with Crippen molar-refractivity contribution in [3.63, 3.8) is 0 Å². The lowest BCUT2D eigenvalue weighted by atomic mass is 10.0. The Hall–Kier alpha value is -0.240. The summed E-state index contributed by atoms with van der Waals surface area (Å²) in [6.07, 6.45) is 5.16.